The Morgan fingerprint density at radius 2 is 2.31 bits per heavy atom. The highest BCUT2D eigenvalue weighted by Gasteiger charge is 2.21. The highest BCUT2D eigenvalue weighted by atomic mass is 16.6. The molecule has 1 aromatic rings. The SMILES string of the molecule is CC/C=C(\CCC)c1c([N+](=O)[O-])cnn1C. The molecule has 0 aromatic carbocycles. The lowest BCUT2D eigenvalue weighted by atomic mass is 10.1. The van der Waals surface area contributed by atoms with Crippen molar-refractivity contribution in [3.05, 3.63) is 28.1 Å². The minimum atomic E-state index is -0.374. The van der Waals surface area contributed by atoms with Gasteiger partial charge in [0, 0.05) is 7.05 Å². The Labute approximate surface area is 94.9 Å². The summed E-state index contributed by atoms with van der Waals surface area (Å²) in [6, 6.07) is 0. The number of hydrogen-bond acceptors (Lipinski definition) is 3. The molecule has 0 fully saturated rings. The van der Waals surface area contributed by atoms with Gasteiger partial charge in [-0.1, -0.05) is 26.3 Å². The molecule has 0 amide bonds. The van der Waals surface area contributed by atoms with Gasteiger partial charge in [0.15, 0.2) is 0 Å². The van der Waals surface area contributed by atoms with Gasteiger partial charge in [0.2, 0.25) is 0 Å². The van der Waals surface area contributed by atoms with E-state index in [0.29, 0.717) is 5.69 Å². The molecular formula is C11H17N3O2. The van der Waals surface area contributed by atoms with Crippen LogP contribution in [0.5, 0.6) is 0 Å². The first-order chi connectivity index (χ1) is 7.61. The molecule has 0 aliphatic heterocycles. The molecule has 0 saturated carbocycles. The molecule has 0 aliphatic carbocycles. The Hall–Kier alpha value is -1.65. The van der Waals surface area contributed by atoms with E-state index in [1.165, 1.54) is 6.20 Å². The van der Waals surface area contributed by atoms with Crippen LogP contribution >= 0.6 is 0 Å². The molecule has 0 N–H and O–H groups in total. The number of allylic oxidation sites excluding steroid dienone is 2. The van der Waals surface area contributed by atoms with E-state index in [9.17, 15) is 10.1 Å². The zero-order chi connectivity index (χ0) is 12.1. The molecule has 0 radical (unpaired) electrons. The Morgan fingerprint density at radius 1 is 1.62 bits per heavy atom. The van der Waals surface area contributed by atoms with E-state index in [1.54, 1.807) is 11.7 Å². The molecule has 88 valence electrons. The van der Waals surface area contributed by atoms with E-state index < -0.39 is 0 Å². The minimum Gasteiger partial charge on any atom is -0.261 e. The van der Waals surface area contributed by atoms with Crippen LogP contribution in [0.2, 0.25) is 0 Å². The first-order valence-electron chi connectivity index (χ1n) is 5.47. The first kappa shape index (κ1) is 12.4. The third-order valence-corrected chi connectivity index (χ3v) is 2.39. The van der Waals surface area contributed by atoms with Gasteiger partial charge in [-0.25, -0.2) is 0 Å². The summed E-state index contributed by atoms with van der Waals surface area (Å²) in [6.07, 6.45) is 6.03. The summed E-state index contributed by atoms with van der Waals surface area (Å²) in [5, 5.41) is 14.8. The van der Waals surface area contributed by atoms with E-state index in [0.717, 1.165) is 24.8 Å². The Balaban J connectivity index is 3.22. The van der Waals surface area contributed by atoms with Crippen molar-refractivity contribution in [1.82, 2.24) is 9.78 Å². The molecule has 1 heterocycles. The van der Waals surface area contributed by atoms with Crippen molar-refractivity contribution in [2.45, 2.75) is 33.1 Å². The van der Waals surface area contributed by atoms with Crippen molar-refractivity contribution in [2.24, 2.45) is 7.05 Å². The Kier molecular flexibility index (Phi) is 4.22. The van der Waals surface area contributed by atoms with Crippen LogP contribution in [0.25, 0.3) is 5.57 Å². The van der Waals surface area contributed by atoms with Crippen molar-refractivity contribution in [3.63, 3.8) is 0 Å². The van der Waals surface area contributed by atoms with E-state index in [1.807, 2.05) is 13.0 Å². The highest BCUT2D eigenvalue weighted by molar-refractivity contribution is 5.69. The molecule has 5 heteroatoms. The summed E-state index contributed by atoms with van der Waals surface area (Å²) in [5.41, 5.74) is 1.74. The monoisotopic (exact) mass is 223 g/mol. The van der Waals surface area contributed by atoms with Gasteiger partial charge < -0.3 is 0 Å². The second-order valence-electron chi connectivity index (χ2n) is 3.65. The smallest absolute Gasteiger partial charge is 0.261 e. The lowest BCUT2D eigenvalue weighted by molar-refractivity contribution is -0.385. The number of nitrogens with zero attached hydrogens (tertiary/aromatic N) is 3. The standard InChI is InChI=1S/C11H17N3O2/c1-4-6-9(7-5-2)11-10(14(15)16)8-12-13(11)3/h6,8H,4-5,7H2,1-3H3/b9-6+. The molecule has 0 atom stereocenters. The number of aromatic nitrogens is 2. The molecule has 0 saturated heterocycles. The van der Waals surface area contributed by atoms with Gasteiger partial charge in [-0.15, -0.1) is 0 Å². The minimum absolute atomic E-state index is 0.0932. The molecule has 16 heavy (non-hydrogen) atoms. The quantitative estimate of drug-likeness (QED) is 0.569. The predicted octanol–water partition coefficient (Wildman–Crippen LogP) is 2.92. The van der Waals surface area contributed by atoms with Crippen LogP contribution in [-0.2, 0) is 7.05 Å². The van der Waals surface area contributed by atoms with Crippen molar-refractivity contribution in [1.29, 1.82) is 0 Å². The molecule has 0 unspecified atom stereocenters. The maximum atomic E-state index is 10.9. The maximum absolute atomic E-state index is 10.9. The topological polar surface area (TPSA) is 61.0 Å². The van der Waals surface area contributed by atoms with Gasteiger partial charge in [-0.2, -0.15) is 5.10 Å². The van der Waals surface area contributed by atoms with Gasteiger partial charge in [-0.3, -0.25) is 14.8 Å². The first-order valence-corrected chi connectivity index (χ1v) is 5.47. The van der Waals surface area contributed by atoms with Gasteiger partial charge in [-0.05, 0) is 18.4 Å². The predicted molar refractivity (Wildman–Crippen MR) is 63.0 cm³/mol. The molecule has 1 rings (SSSR count). The molecule has 0 spiro atoms. The summed E-state index contributed by atoms with van der Waals surface area (Å²) < 4.78 is 1.58. The Bertz CT molecular complexity index is 407. The summed E-state index contributed by atoms with van der Waals surface area (Å²) in [6.45, 7) is 4.09. The fourth-order valence-electron chi connectivity index (χ4n) is 1.76. The van der Waals surface area contributed by atoms with Gasteiger partial charge >= 0.3 is 5.69 Å². The number of hydrogen-bond donors (Lipinski definition) is 0. The van der Waals surface area contributed by atoms with Crippen molar-refractivity contribution < 1.29 is 4.92 Å². The van der Waals surface area contributed by atoms with Crippen LogP contribution in [0.4, 0.5) is 5.69 Å². The molecule has 5 nitrogen and oxygen atoms in total. The van der Waals surface area contributed by atoms with Gasteiger partial charge in [0.1, 0.15) is 11.9 Å². The average Bonchev–Trinajstić information content (AvgIpc) is 2.60. The van der Waals surface area contributed by atoms with Crippen LogP contribution in [0, 0.1) is 10.1 Å². The van der Waals surface area contributed by atoms with Crippen molar-refractivity contribution in [2.75, 3.05) is 0 Å². The van der Waals surface area contributed by atoms with Gasteiger partial charge in [0.25, 0.3) is 0 Å². The average molecular weight is 223 g/mol. The lowest BCUT2D eigenvalue weighted by Crippen LogP contribution is -2.00. The van der Waals surface area contributed by atoms with Gasteiger partial charge in [0.05, 0.1) is 4.92 Å². The summed E-state index contributed by atoms with van der Waals surface area (Å²) in [7, 11) is 1.74. The zero-order valence-electron chi connectivity index (χ0n) is 9.93. The van der Waals surface area contributed by atoms with Crippen LogP contribution in [-0.4, -0.2) is 14.7 Å². The van der Waals surface area contributed by atoms with Crippen LogP contribution in [0.15, 0.2) is 12.3 Å². The number of nitro groups is 1. The van der Waals surface area contributed by atoms with Crippen molar-refractivity contribution >= 4 is 11.3 Å². The molecule has 0 bridgehead atoms. The fraction of sp³-hybridized carbons (Fsp3) is 0.545. The summed E-state index contributed by atoms with van der Waals surface area (Å²) in [4.78, 5) is 10.5. The third-order valence-electron chi connectivity index (χ3n) is 2.39. The van der Waals surface area contributed by atoms with Crippen LogP contribution in [0.1, 0.15) is 38.8 Å². The van der Waals surface area contributed by atoms with E-state index >= 15 is 0 Å². The van der Waals surface area contributed by atoms with Crippen LogP contribution in [0.3, 0.4) is 0 Å². The third kappa shape index (κ3) is 2.48. The van der Waals surface area contributed by atoms with E-state index in [4.69, 9.17) is 0 Å². The Morgan fingerprint density at radius 3 is 2.81 bits per heavy atom. The normalized spacial score (nSPS) is 11.8. The molecule has 1 aromatic heterocycles. The van der Waals surface area contributed by atoms with E-state index in [-0.39, 0.29) is 10.6 Å². The second-order valence-corrected chi connectivity index (χ2v) is 3.65. The number of aryl methyl sites for hydroxylation is 1. The number of rotatable bonds is 5. The molecule has 0 aliphatic rings. The van der Waals surface area contributed by atoms with E-state index in [2.05, 4.69) is 12.0 Å². The lowest BCUT2D eigenvalue weighted by Gasteiger charge is -2.06. The van der Waals surface area contributed by atoms with Crippen molar-refractivity contribution in [3.8, 4) is 0 Å². The summed E-state index contributed by atoms with van der Waals surface area (Å²) >= 11 is 0. The fourth-order valence-corrected chi connectivity index (χ4v) is 1.76. The maximum Gasteiger partial charge on any atom is 0.314 e. The van der Waals surface area contributed by atoms with Crippen LogP contribution < -0.4 is 0 Å². The highest BCUT2D eigenvalue weighted by Crippen LogP contribution is 2.28. The molecular weight excluding hydrogens is 206 g/mol. The second kappa shape index (κ2) is 5.44. The summed E-state index contributed by atoms with van der Waals surface area (Å²) in [5.74, 6) is 0. The zero-order valence-corrected chi connectivity index (χ0v) is 9.93. The largest absolute Gasteiger partial charge is 0.314 e.